The van der Waals surface area contributed by atoms with Crippen LogP contribution in [0.3, 0.4) is 0 Å². The minimum atomic E-state index is 0.614. The smallest absolute Gasteiger partial charge is 0.188 e. The first-order valence-electron chi connectivity index (χ1n) is 4.64. The molecule has 0 radical (unpaired) electrons. The molecule has 0 N–H and O–H groups in total. The van der Waals surface area contributed by atoms with Gasteiger partial charge < -0.3 is 0 Å². The number of hydrogen-bond acceptors (Lipinski definition) is 0. The molecule has 1 nitrogen and oxygen atoms in total. The van der Waals surface area contributed by atoms with Crippen molar-refractivity contribution in [3.05, 3.63) is 63.4 Å². The molecule has 0 unspecified atom stereocenters. The Morgan fingerprint density at radius 3 is 2.44 bits per heavy atom. The number of benzene rings is 2. The molecular formula is C13H7BrClN. The van der Waals surface area contributed by atoms with E-state index < -0.39 is 0 Å². The maximum absolute atomic E-state index is 6.94. The van der Waals surface area contributed by atoms with E-state index in [1.54, 1.807) is 12.1 Å². The van der Waals surface area contributed by atoms with Crippen molar-refractivity contribution in [3.63, 3.8) is 0 Å². The van der Waals surface area contributed by atoms with E-state index in [0.29, 0.717) is 10.7 Å². The second kappa shape index (κ2) is 4.69. The molecular weight excluding hydrogens is 286 g/mol. The molecule has 0 aliphatic heterocycles. The van der Waals surface area contributed by atoms with Crippen molar-refractivity contribution < 1.29 is 0 Å². The van der Waals surface area contributed by atoms with Crippen LogP contribution < -0.4 is 0 Å². The fourth-order valence-corrected chi connectivity index (χ4v) is 2.29. The van der Waals surface area contributed by atoms with Crippen LogP contribution in [-0.4, -0.2) is 0 Å². The molecule has 0 amide bonds. The van der Waals surface area contributed by atoms with Crippen molar-refractivity contribution in [1.82, 2.24) is 0 Å². The lowest BCUT2D eigenvalue weighted by Crippen LogP contribution is -1.80. The Morgan fingerprint density at radius 2 is 1.81 bits per heavy atom. The zero-order chi connectivity index (χ0) is 11.5. The van der Waals surface area contributed by atoms with Gasteiger partial charge in [0.15, 0.2) is 5.69 Å². The first-order chi connectivity index (χ1) is 7.72. The fraction of sp³-hybridized carbons (Fsp3) is 0. The van der Waals surface area contributed by atoms with Gasteiger partial charge in [-0.1, -0.05) is 57.9 Å². The summed E-state index contributed by atoms with van der Waals surface area (Å²) < 4.78 is 0.883. The van der Waals surface area contributed by atoms with E-state index in [9.17, 15) is 0 Å². The molecule has 0 saturated carbocycles. The Balaban J connectivity index is 2.58. The van der Waals surface area contributed by atoms with E-state index >= 15 is 0 Å². The molecule has 0 atom stereocenters. The molecule has 0 aromatic heterocycles. The average Bonchev–Trinajstić information content (AvgIpc) is 2.30. The van der Waals surface area contributed by atoms with Gasteiger partial charge in [-0.3, -0.25) is 0 Å². The summed E-state index contributed by atoms with van der Waals surface area (Å²) in [7, 11) is 0. The maximum Gasteiger partial charge on any atom is 0.188 e. The van der Waals surface area contributed by atoms with E-state index in [0.717, 1.165) is 15.6 Å². The minimum absolute atomic E-state index is 0.614. The molecule has 78 valence electrons. The van der Waals surface area contributed by atoms with Crippen molar-refractivity contribution in [2.45, 2.75) is 0 Å². The third-order valence-electron chi connectivity index (χ3n) is 2.25. The molecule has 0 bridgehead atoms. The van der Waals surface area contributed by atoms with Gasteiger partial charge in [-0.05, 0) is 17.7 Å². The van der Waals surface area contributed by atoms with E-state index in [1.165, 1.54) is 0 Å². The number of halogens is 2. The highest BCUT2D eigenvalue weighted by Gasteiger charge is 2.06. The van der Waals surface area contributed by atoms with E-state index in [2.05, 4.69) is 20.8 Å². The third-order valence-corrected chi connectivity index (χ3v) is 3.23. The second-order valence-electron chi connectivity index (χ2n) is 3.26. The summed E-state index contributed by atoms with van der Waals surface area (Å²) in [4.78, 5) is 3.38. The lowest BCUT2D eigenvalue weighted by atomic mass is 10.1. The van der Waals surface area contributed by atoms with E-state index in [-0.39, 0.29) is 0 Å². The number of nitrogens with zero attached hydrogens (tertiary/aromatic N) is 1. The van der Waals surface area contributed by atoms with Gasteiger partial charge in [-0.2, -0.15) is 0 Å². The Morgan fingerprint density at radius 1 is 1.06 bits per heavy atom. The monoisotopic (exact) mass is 291 g/mol. The zero-order valence-electron chi connectivity index (χ0n) is 8.24. The highest BCUT2D eigenvalue weighted by Crippen LogP contribution is 2.35. The normalized spacial score (nSPS) is 9.81. The molecule has 2 rings (SSSR count). The van der Waals surface area contributed by atoms with Gasteiger partial charge in [-0.25, -0.2) is 4.85 Å². The highest BCUT2D eigenvalue weighted by atomic mass is 79.9. The van der Waals surface area contributed by atoms with Crippen LogP contribution in [0.15, 0.2) is 46.9 Å². The first kappa shape index (κ1) is 11.2. The van der Waals surface area contributed by atoms with Crippen LogP contribution in [0.4, 0.5) is 5.69 Å². The number of rotatable bonds is 1. The molecule has 16 heavy (non-hydrogen) atoms. The number of hydrogen-bond donors (Lipinski definition) is 0. The molecule has 0 aliphatic rings. The van der Waals surface area contributed by atoms with Crippen LogP contribution in [0, 0.1) is 6.57 Å². The second-order valence-corrected chi connectivity index (χ2v) is 4.52. The Labute approximate surface area is 108 Å². The molecule has 0 saturated heterocycles. The van der Waals surface area contributed by atoms with E-state index in [1.807, 2.05) is 30.3 Å². The summed E-state index contributed by atoms with van der Waals surface area (Å²) >= 11 is 9.58. The summed E-state index contributed by atoms with van der Waals surface area (Å²) in [6.07, 6.45) is 0. The Hall–Kier alpha value is -1.30. The summed E-state index contributed by atoms with van der Waals surface area (Å²) in [5.74, 6) is 0. The predicted molar refractivity (Wildman–Crippen MR) is 70.9 cm³/mol. The van der Waals surface area contributed by atoms with Crippen LogP contribution in [0.1, 0.15) is 0 Å². The van der Waals surface area contributed by atoms with Crippen LogP contribution in [0.25, 0.3) is 16.0 Å². The molecule has 3 heteroatoms. The lowest BCUT2D eigenvalue weighted by Gasteiger charge is -2.07. The highest BCUT2D eigenvalue weighted by molar-refractivity contribution is 9.10. The van der Waals surface area contributed by atoms with Gasteiger partial charge in [-0.15, -0.1) is 0 Å². The molecule has 2 aromatic rings. The molecule has 0 fully saturated rings. The quantitative estimate of drug-likeness (QED) is 0.627. The van der Waals surface area contributed by atoms with Gasteiger partial charge in [0, 0.05) is 15.1 Å². The van der Waals surface area contributed by atoms with Crippen molar-refractivity contribution in [2.24, 2.45) is 0 Å². The van der Waals surface area contributed by atoms with Crippen LogP contribution in [0.2, 0.25) is 5.02 Å². The van der Waals surface area contributed by atoms with Crippen molar-refractivity contribution in [3.8, 4) is 11.1 Å². The first-order valence-corrected chi connectivity index (χ1v) is 5.81. The zero-order valence-corrected chi connectivity index (χ0v) is 10.6. The average molecular weight is 293 g/mol. The van der Waals surface area contributed by atoms with Gasteiger partial charge >= 0.3 is 0 Å². The maximum atomic E-state index is 6.94. The van der Waals surface area contributed by atoms with Gasteiger partial charge in [0.25, 0.3) is 0 Å². The standard InChI is InChI=1S/C13H7BrClN/c1-16-9-6-7-10(12(14)8-9)11-4-2-3-5-13(11)15/h2-8H. The van der Waals surface area contributed by atoms with Crippen LogP contribution >= 0.6 is 27.5 Å². The summed E-state index contributed by atoms with van der Waals surface area (Å²) in [5, 5.41) is 0.707. The molecule has 0 aliphatic carbocycles. The Bertz CT molecular complexity index is 572. The lowest BCUT2D eigenvalue weighted by molar-refractivity contribution is 1.59. The summed E-state index contributed by atoms with van der Waals surface area (Å²) in [5.41, 5.74) is 2.58. The van der Waals surface area contributed by atoms with Crippen LogP contribution in [-0.2, 0) is 0 Å². The molecule has 2 aromatic carbocycles. The van der Waals surface area contributed by atoms with Gasteiger partial charge in [0.05, 0.1) is 6.57 Å². The minimum Gasteiger partial charge on any atom is -0.238 e. The molecule has 0 spiro atoms. The third kappa shape index (κ3) is 2.11. The van der Waals surface area contributed by atoms with Crippen molar-refractivity contribution in [1.29, 1.82) is 0 Å². The van der Waals surface area contributed by atoms with Gasteiger partial charge in [0.1, 0.15) is 0 Å². The largest absolute Gasteiger partial charge is 0.238 e. The molecule has 0 heterocycles. The van der Waals surface area contributed by atoms with Crippen LogP contribution in [0.5, 0.6) is 0 Å². The summed E-state index contributed by atoms with van der Waals surface area (Å²) in [6.45, 7) is 6.94. The van der Waals surface area contributed by atoms with Crippen molar-refractivity contribution in [2.75, 3.05) is 0 Å². The predicted octanol–water partition coefficient (Wildman–Crippen LogP) is 5.32. The summed E-state index contributed by atoms with van der Waals surface area (Å²) in [6, 6.07) is 13.1. The van der Waals surface area contributed by atoms with E-state index in [4.69, 9.17) is 18.2 Å². The fourth-order valence-electron chi connectivity index (χ4n) is 1.47. The van der Waals surface area contributed by atoms with Gasteiger partial charge in [0.2, 0.25) is 0 Å². The van der Waals surface area contributed by atoms with Crippen molar-refractivity contribution >= 4 is 33.2 Å². The Kier molecular flexibility index (Phi) is 3.28. The topological polar surface area (TPSA) is 4.36 Å². The SMILES string of the molecule is [C-]#[N+]c1ccc(-c2ccccc2Cl)c(Br)c1.